The van der Waals surface area contributed by atoms with Gasteiger partial charge in [-0.25, -0.2) is 0 Å². The molecule has 1 rings (SSSR count). The maximum atomic E-state index is 11.1. The van der Waals surface area contributed by atoms with E-state index in [9.17, 15) is 15.0 Å². The maximum absolute atomic E-state index is 11.1. The van der Waals surface area contributed by atoms with Crippen molar-refractivity contribution in [3.8, 4) is 0 Å². The van der Waals surface area contributed by atoms with Gasteiger partial charge in [-0.05, 0) is 58.3 Å². The predicted molar refractivity (Wildman–Crippen MR) is 82.7 cm³/mol. The highest BCUT2D eigenvalue weighted by Gasteiger charge is 2.31. The molecular weight excluding hydrogens is 268 g/mol. The van der Waals surface area contributed by atoms with Crippen LogP contribution in [0, 0.1) is 11.8 Å². The van der Waals surface area contributed by atoms with Crippen LogP contribution in [0.1, 0.15) is 60.3 Å². The molecular formula is C17H30O4. The second-order valence-electron chi connectivity index (χ2n) is 7.23. The predicted octanol–water partition coefficient (Wildman–Crippen LogP) is 2.82. The Bertz CT molecular complexity index is 379. The Morgan fingerprint density at radius 2 is 2.10 bits per heavy atom. The molecule has 4 atom stereocenters. The highest BCUT2D eigenvalue weighted by atomic mass is 16.6. The van der Waals surface area contributed by atoms with Gasteiger partial charge in [-0.1, -0.05) is 19.1 Å². The summed E-state index contributed by atoms with van der Waals surface area (Å²) >= 11 is 0. The van der Waals surface area contributed by atoms with E-state index in [2.05, 4.69) is 13.0 Å². The zero-order valence-corrected chi connectivity index (χ0v) is 13.9. The van der Waals surface area contributed by atoms with Crippen LogP contribution in [0.4, 0.5) is 0 Å². The van der Waals surface area contributed by atoms with Gasteiger partial charge in [-0.3, -0.25) is 4.79 Å². The summed E-state index contributed by atoms with van der Waals surface area (Å²) in [7, 11) is 0. The number of hydrogen-bond acceptors (Lipinski definition) is 4. The summed E-state index contributed by atoms with van der Waals surface area (Å²) < 4.78 is 5.24. The summed E-state index contributed by atoms with van der Waals surface area (Å²) in [5, 5.41) is 20.0. The van der Waals surface area contributed by atoms with Gasteiger partial charge in [0, 0.05) is 6.92 Å². The van der Waals surface area contributed by atoms with Crippen LogP contribution in [0.3, 0.4) is 0 Å². The zero-order chi connectivity index (χ0) is 16.3. The van der Waals surface area contributed by atoms with E-state index in [1.54, 1.807) is 13.8 Å². The van der Waals surface area contributed by atoms with E-state index in [1.807, 2.05) is 13.0 Å². The van der Waals surface area contributed by atoms with Crippen molar-refractivity contribution in [2.75, 3.05) is 0 Å². The molecule has 4 heteroatoms. The molecule has 0 aromatic carbocycles. The van der Waals surface area contributed by atoms with E-state index >= 15 is 0 Å². The highest BCUT2D eigenvalue weighted by molar-refractivity contribution is 5.66. The summed E-state index contributed by atoms with van der Waals surface area (Å²) in [6.07, 6.45) is 6.76. The van der Waals surface area contributed by atoms with Crippen LogP contribution in [-0.4, -0.2) is 33.5 Å². The standard InChI is InChI=1S/C17H30O4/c1-12(14-8-10-17(5,20)11-9-14)6-7-15(16(3,4)19)21-13(2)18/h8,10,12,14-15,19-20H,6-7,9,11H2,1-5H3/t12?,14-,15?,17-/m1/s1. The van der Waals surface area contributed by atoms with Crippen molar-refractivity contribution in [3.05, 3.63) is 12.2 Å². The third-order valence-electron chi connectivity index (χ3n) is 4.40. The Morgan fingerprint density at radius 1 is 1.48 bits per heavy atom. The van der Waals surface area contributed by atoms with Gasteiger partial charge in [0.1, 0.15) is 6.10 Å². The fourth-order valence-corrected chi connectivity index (χ4v) is 2.83. The van der Waals surface area contributed by atoms with Crippen molar-refractivity contribution in [1.82, 2.24) is 0 Å². The zero-order valence-electron chi connectivity index (χ0n) is 13.9. The van der Waals surface area contributed by atoms with E-state index in [0.717, 1.165) is 19.3 Å². The van der Waals surface area contributed by atoms with Gasteiger partial charge in [0.25, 0.3) is 0 Å². The molecule has 0 fully saturated rings. The molecule has 1 aliphatic rings. The Morgan fingerprint density at radius 3 is 2.52 bits per heavy atom. The summed E-state index contributed by atoms with van der Waals surface area (Å²) in [5.74, 6) is 0.506. The number of allylic oxidation sites excluding steroid dienone is 1. The second kappa shape index (κ2) is 6.93. The van der Waals surface area contributed by atoms with Crippen molar-refractivity contribution in [3.63, 3.8) is 0 Å². The average Bonchev–Trinajstić information content (AvgIpc) is 2.32. The molecule has 21 heavy (non-hydrogen) atoms. The van der Waals surface area contributed by atoms with Gasteiger partial charge in [0.05, 0.1) is 11.2 Å². The lowest BCUT2D eigenvalue weighted by atomic mass is 9.78. The fraction of sp³-hybridized carbons (Fsp3) is 0.824. The molecule has 0 amide bonds. The quantitative estimate of drug-likeness (QED) is 0.584. The van der Waals surface area contributed by atoms with E-state index in [-0.39, 0.29) is 5.97 Å². The minimum Gasteiger partial charge on any atom is -0.460 e. The van der Waals surface area contributed by atoms with Crippen molar-refractivity contribution in [1.29, 1.82) is 0 Å². The molecule has 4 nitrogen and oxygen atoms in total. The first kappa shape index (κ1) is 18.2. The van der Waals surface area contributed by atoms with Crippen LogP contribution in [0.5, 0.6) is 0 Å². The minimum atomic E-state index is -1.03. The van der Waals surface area contributed by atoms with E-state index in [1.165, 1.54) is 6.92 Å². The number of aliphatic hydroxyl groups is 2. The molecule has 0 radical (unpaired) electrons. The molecule has 0 saturated carbocycles. The summed E-state index contributed by atoms with van der Waals surface area (Å²) in [5.41, 5.74) is -1.71. The topological polar surface area (TPSA) is 66.8 Å². The number of rotatable bonds is 6. The first-order chi connectivity index (χ1) is 9.51. The SMILES string of the molecule is CC(=O)OC(CCC(C)[C@@H]1C=C[C@@](C)(O)CC1)C(C)(C)O. The van der Waals surface area contributed by atoms with Gasteiger partial charge in [0.2, 0.25) is 0 Å². The lowest BCUT2D eigenvalue weighted by molar-refractivity contribution is -0.160. The molecule has 0 heterocycles. The van der Waals surface area contributed by atoms with Crippen LogP contribution in [0.15, 0.2) is 12.2 Å². The van der Waals surface area contributed by atoms with E-state index in [0.29, 0.717) is 18.3 Å². The van der Waals surface area contributed by atoms with Gasteiger partial charge >= 0.3 is 5.97 Å². The molecule has 0 aromatic heterocycles. The molecule has 0 bridgehead atoms. The van der Waals surface area contributed by atoms with Crippen LogP contribution in [-0.2, 0) is 9.53 Å². The molecule has 1 aliphatic carbocycles. The Hall–Kier alpha value is -0.870. The molecule has 0 spiro atoms. The number of hydrogen-bond donors (Lipinski definition) is 2. The molecule has 2 unspecified atom stereocenters. The normalized spacial score (nSPS) is 29.0. The van der Waals surface area contributed by atoms with E-state index < -0.39 is 17.3 Å². The minimum absolute atomic E-state index is 0.358. The number of carbonyl (C=O) groups excluding carboxylic acids is 1. The highest BCUT2D eigenvalue weighted by Crippen LogP contribution is 2.33. The van der Waals surface area contributed by atoms with Crippen molar-refractivity contribution < 1.29 is 19.7 Å². The average molecular weight is 298 g/mol. The monoisotopic (exact) mass is 298 g/mol. The number of carbonyl (C=O) groups is 1. The van der Waals surface area contributed by atoms with Crippen molar-refractivity contribution in [2.24, 2.45) is 11.8 Å². The van der Waals surface area contributed by atoms with Crippen molar-refractivity contribution in [2.45, 2.75) is 77.6 Å². The van der Waals surface area contributed by atoms with Crippen LogP contribution >= 0.6 is 0 Å². The van der Waals surface area contributed by atoms with Crippen molar-refractivity contribution >= 4 is 5.97 Å². The third kappa shape index (κ3) is 6.18. The van der Waals surface area contributed by atoms with Gasteiger partial charge in [0.15, 0.2) is 0 Å². The fourth-order valence-electron chi connectivity index (χ4n) is 2.83. The smallest absolute Gasteiger partial charge is 0.303 e. The van der Waals surface area contributed by atoms with Gasteiger partial charge in [-0.2, -0.15) is 0 Å². The van der Waals surface area contributed by atoms with Gasteiger partial charge < -0.3 is 14.9 Å². The molecule has 0 saturated heterocycles. The molecule has 0 aromatic rings. The lowest BCUT2D eigenvalue weighted by Gasteiger charge is -2.33. The Kier molecular flexibility index (Phi) is 6.00. The third-order valence-corrected chi connectivity index (χ3v) is 4.40. The van der Waals surface area contributed by atoms with Crippen LogP contribution in [0.25, 0.3) is 0 Å². The van der Waals surface area contributed by atoms with E-state index in [4.69, 9.17) is 4.74 Å². The Labute approximate surface area is 128 Å². The summed E-state index contributed by atoms with van der Waals surface area (Å²) in [4.78, 5) is 11.1. The summed E-state index contributed by atoms with van der Waals surface area (Å²) in [6.45, 7) is 8.71. The largest absolute Gasteiger partial charge is 0.460 e. The maximum Gasteiger partial charge on any atom is 0.303 e. The Balaban J connectivity index is 2.54. The first-order valence-electron chi connectivity index (χ1n) is 7.82. The van der Waals surface area contributed by atoms with Crippen LogP contribution < -0.4 is 0 Å². The lowest BCUT2D eigenvalue weighted by Crippen LogP contribution is -2.39. The molecule has 122 valence electrons. The molecule has 2 N–H and O–H groups in total. The number of ether oxygens (including phenoxy) is 1. The van der Waals surface area contributed by atoms with Crippen LogP contribution in [0.2, 0.25) is 0 Å². The number of esters is 1. The molecule has 0 aliphatic heterocycles. The van der Waals surface area contributed by atoms with Gasteiger partial charge in [-0.15, -0.1) is 0 Å². The first-order valence-corrected chi connectivity index (χ1v) is 7.82. The second-order valence-corrected chi connectivity index (χ2v) is 7.23. The summed E-state index contributed by atoms with van der Waals surface area (Å²) in [6, 6.07) is 0.